The Hall–Kier alpha value is -3.95. The summed E-state index contributed by atoms with van der Waals surface area (Å²) in [5.74, 6) is -0.447. The maximum absolute atomic E-state index is 12.9. The number of amides is 3. The molecule has 2 aliphatic rings. The average Bonchev–Trinajstić information content (AvgIpc) is 3.46. The van der Waals surface area contributed by atoms with E-state index in [0.29, 0.717) is 29.8 Å². The molecule has 0 fully saturated rings. The van der Waals surface area contributed by atoms with E-state index in [9.17, 15) is 14.4 Å². The van der Waals surface area contributed by atoms with Crippen LogP contribution >= 0.6 is 23.1 Å². The van der Waals surface area contributed by atoms with Gasteiger partial charge in [0, 0.05) is 32.0 Å². The first-order valence-corrected chi connectivity index (χ1v) is 12.6. The van der Waals surface area contributed by atoms with Crippen molar-refractivity contribution in [3.63, 3.8) is 0 Å². The number of fused-ring (bicyclic) bond motifs is 3. The molecule has 0 saturated heterocycles. The lowest BCUT2D eigenvalue weighted by Crippen LogP contribution is -2.22. The van der Waals surface area contributed by atoms with E-state index in [1.165, 1.54) is 23.1 Å². The topological polar surface area (TPSA) is 100 Å². The first-order chi connectivity index (χ1) is 17.0. The smallest absolute Gasteiger partial charge is 0.256 e. The second-order valence-corrected chi connectivity index (χ2v) is 10.3. The molecule has 172 valence electrons. The maximum atomic E-state index is 12.9. The van der Waals surface area contributed by atoms with Crippen molar-refractivity contribution >= 4 is 52.2 Å². The number of thiazole rings is 1. The molecule has 0 spiro atoms. The summed E-state index contributed by atoms with van der Waals surface area (Å²) in [6.45, 7) is 0.321. The molecule has 3 aromatic carbocycles. The zero-order valence-corrected chi connectivity index (χ0v) is 19.9. The minimum atomic E-state index is -0.239. The van der Waals surface area contributed by atoms with Gasteiger partial charge in [-0.2, -0.15) is 0 Å². The molecule has 6 rings (SSSR count). The third kappa shape index (κ3) is 4.09. The Kier molecular flexibility index (Phi) is 5.35. The Morgan fingerprint density at radius 1 is 0.971 bits per heavy atom. The number of carbonyl (C=O) groups is 3. The van der Waals surface area contributed by atoms with Gasteiger partial charge in [0.25, 0.3) is 11.8 Å². The Labute approximate surface area is 209 Å². The third-order valence-electron chi connectivity index (χ3n) is 5.81. The van der Waals surface area contributed by atoms with Crippen molar-refractivity contribution < 1.29 is 14.4 Å². The molecule has 1 aromatic heterocycles. The number of hydrogen-bond acceptors (Lipinski definition) is 6. The number of rotatable bonds is 4. The van der Waals surface area contributed by atoms with Crippen molar-refractivity contribution in [2.75, 3.05) is 10.6 Å². The number of aromatic nitrogens is 1. The monoisotopic (exact) mass is 498 g/mol. The van der Waals surface area contributed by atoms with E-state index >= 15 is 0 Å². The standard InChI is InChI=1S/C26H18N4O3S2/c31-22-11-14-4-3-6-18(23(14)30-22)26-28-13-16(34-26)12-27-24(32)15-8-9-21-19(10-15)29-25(33)17-5-1-2-7-20(17)35-21/h1-10,13H,11-12H2,(H,27,32)(H,29,33)(H,30,31). The third-order valence-corrected chi connectivity index (χ3v) is 8.00. The van der Waals surface area contributed by atoms with Crippen LogP contribution in [0.15, 0.2) is 76.7 Å². The highest BCUT2D eigenvalue weighted by atomic mass is 32.2. The fourth-order valence-electron chi connectivity index (χ4n) is 4.12. The number of para-hydroxylation sites is 1. The van der Waals surface area contributed by atoms with E-state index in [4.69, 9.17) is 0 Å². The van der Waals surface area contributed by atoms with E-state index in [2.05, 4.69) is 20.9 Å². The lowest BCUT2D eigenvalue weighted by molar-refractivity contribution is -0.115. The lowest BCUT2D eigenvalue weighted by atomic mass is 10.1. The molecule has 0 bridgehead atoms. The largest absolute Gasteiger partial charge is 0.347 e. The molecule has 35 heavy (non-hydrogen) atoms. The van der Waals surface area contributed by atoms with Gasteiger partial charge < -0.3 is 16.0 Å². The zero-order valence-electron chi connectivity index (χ0n) is 18.3. The summed E-state index contributed by atoms with van der Waals surface area (Å²) in [6, 6.07) is 18.5. The molecule has 7 nitrogen and oxygen atoms in total. The van der Waals surface area contributed by atoms with Gasteiger partial charge in [0.05, 0.1) is 29.9 Å². The van der Waals surface area contributed by atoms with Crippen LogP contribution in [-0.2, 0) is 17.8 Å². The minimum absolute atomic E-state index is 0.0179. The summed E-state index contributed by atoms with van der Waals surface area (Å²) < 4.78 is 0. The van der Waals surface area contributed by atoms with Gasteiger partial charge in [-0.25, -0.2) is 4.98 Å². The van der Waals surface area contributed by atoms with Gasteiger partial charge in [0.15, 0.2) is 0 Å². The SMILES string of the molecule is O=C1Cc2cccc(-c3ncc(CNC(=O)c4ccc5c(c4)NC(=O)c4ccccc4S5)s3)c2N1. The maximum Gasteiger partial charge on any atom is 0.256 e. The van der Waals surface area contributed by atoms with E-state index in [-0.39, 0.29) is 17.7 Å². The molecule has 3 N–H and O–H groups in total. The second kappa shape index (κ2) is 8.68. The predicted molar refractivity (Wildman–Crippen MR) is 136 cm³/mol. The summed E-state index contributed by atoms with van der Waals surface area (Å²) in [5, 5.41) is 9.55. The van der Waals surface area contributed by atoms with Crippen LogP contribution in [0.4, 0.5) is 11.4 Å². The van der Waals surface area contributed by atoms with Gasteiger partial charge >= 0.3 is 0 Å². The average molecular weight is 499 g/mol. The molecular formula is C26H18N4O3S2. The molecule has 9 heteroatoms. The van der Waals surface area contributed by atoms with Crippen LogP contribution < -0.4 is 16.0 Å². The molecule has 0 radical (unpaired) electrons. The van der Waals surface area contributed by atoms with Crippen LogP contribution in [-0.4, -0.2) is 22.7 Å². The number of nitrogens with zero attached hydrogens (tertiary/aromatic N) is 1. The predicted octanol–water partition coefficient (Wildman–Crippen LogP) is 4.95. The number of nitrogens with one attached hydrogen (secondary N) is 3. The number of hydrogen-bond donors (Lipinski definition) is 3. The van der Waals surface area contributed by atoms with E-state index in [1.54, 1.807) is 24.4 Å². The summed E-state index contributed by atoms with van der Waals surface area (Å²) in [5.41, 5.74) is 4.36. The summed E-state index contributed by atoms with van der Waals surface area (Å²) in [7, 11) is 0. The van der Waals surface area contributed by atoms with Crippen LogP contribution in [0, 0.1) is 0 Å². The zero-order chi connectivity index (χ0) is 23.9. The molecule has 2 aliphatic heterocycles. The van der Waals surface area contributed by atoms with Crippen molar-refractivity contribution in [1.29, 1.82) is 0 Å². The summed E-state index contributed by atoms with van der Waals surface area (Å²) in [6.07, 6.45) is 2.12. The van der Waals surface area contributed by atoms with Gasteiger partial charge in [-0.05, 0) is 42.0 Å². The molecular weight excluding hydrogens is 480 g/mol. The Bertz CT molecular complexity index is 1530. The van der Waals surface area contributed by atoms with Crippen LogP contribution in [0.2, 0.25) is 0 Å². The molecule has 0 aliphatic carbocycles. The van der Waals surface area contributed by atoms with Gasteiger partial charge in [0.2, 0.25) is 5.91 Å². The van der Waals surface area contributed by atoms with Crippen molar-refractivity contribution in [1.82, 2.24) is 10.3 Å². The highest BCUT2D eigenvalue weighted by Crippen LogP contribution is 2.39. The molecule has 3 heterocycles. The normalized spacial score (nSPS) is 13.7. The number of benzene rings is 3. The van der Waals surface area contributed by atoms with E-state index in [1.807, 2.05) is 42.5 Å². The van der Waals surface area contributed by atoms with Crippen LogP contribution in [0.25, 0.3) is 10.6 Å². The number of carbonyl (C=O) groups excluding carboxylic acids is 3. The fourth-order valence-corrected chi connectivity index (χ4v) is 6.02. The van der Waals surface area contributed by atoms with Gasteiger partial charge in [-0.1, -0.05) is 36.0 Å². The summed E-state index contributed by atoms with van der Waals surface area (Å²) >= 11 is 2.97. The number of anilines is 2. The first kappa shape index (κ1) is 21.6. The van der Waals surface area contributed by atoms with Crippen molar-refractivity contribution in [3.05, 3.63) is 88.4 Å². The van der Waals surface area contributed by atoms with E-state index < -0.39 is 0 Å². The first-order valence-electron chi connectivity index (χ1n) is 10.9. The summed E-state index contributed by atoms with van der Waals surface area (Å²) in [4.78, 5) is 44.4. The van der Waals surface area contributed by atoms with Crippen LogP contribution in [0.3, 0.4) is 0 Å². The molecule has 4 aromatic rings. The molecule has 3 amide bonds. The van der Waals surface area contributed by atoms with Gasteiger partial charge in [-0.3, -0.25) is 14.4 Å². The molecule has 0 unspecified atom stereocenters. The molecule has 0 saturated carbocycles. The Balaban J connectivity index is 1.16. The van der Waals surface area contributed by atoms with Crippen molar-refractivity contribution in [2.45, 2.75) is 22.8 Å². The Morgan fingerprint density at radius 3 is 2.74 bits per heavy atom. The molecule has 0 atom stereocenters. The van der Waals surface area contributed by atoms with Crippen molar-refractivity contribution in [3.8, 4) is 10.6 Å². The minimum Gasteiger partial charge on any atom is -0.347 e. The van der Waals surface area contributed by atoms with Crippen molar-refractivity contribution in [2.24, 2.45) is 0 Å². The van der Waals surface area contributed by atoms with Gasteiger partial charge in [0.1, 0.15) is 5.01 Å². The highest BCUT2D eigenvalue weighted by molar-refractivity contribution is 7.99. The second-order valence-electron chi connectivity index (χ2n) is 8.14. The fraction of sp³-hybridized carbons (Fsp3) is 0.0769. The lowest BCUT2D eigenvalue weighted by Gasteiger charge is -2.09. The Morgan fingerprint density at radius 2 is 1.83 bits per heavy atom. The van der Waals surface area contributed by atoms with Crippen LogP contribution in [0.1, 0.15) is 31.2 Å². The quantitative estimate of drug-likeness (QED) is 0.370. The highest BCUT2D eigenvalue weighted by Gasteiger charge is 2.23. The van der Waals surface area contributed by atoms with Gasteiger partial charge in [-0.15, -0.1) is 11.3 Å². The van der Waals surface area contributed by atoms with Crippen LogP contribution in [0.5, 0.6) is 0 Å². The van der Waals surface area contributed by atoms with E-state index in [0.717, 1.165) is 36.5 Å².